The molecule has 0 radical (unpaired) electrons. The molecule has 530 valence electrons. The summed E-state index contributed by atoms with van der Waals surface area (Å²) < 4.78 is 68.3. The second kappa shape index (κ2) is 61.4. The Labute approximate surface area is 548 Å². The first-order valence-corrected chi connectivity index (χ1v) is 39.2. The van der Waals surface area contributed by atoms with Crippen molar-refractivity contribution in [1.29, 1.82) is 0 Å². The zero-order valence-electron chi connectivity index (χ0n) is 58.1. The van der Waals surface area contributed by atoms with Crippen LogP contribution in [-0.4, -0.2) is 96.7 Å². The lowest BCUT2D eigenvalue weighted by Crippen LogP contribution is -2.30. The second-order valence-electron chi connectivity index (χ2n) is 25.9. The smallest absolute Gasteiger partial charge is 0.462 e. The number of esters is 4. The van der Waals surface area contributed by atoms with E-state index in [4.69, 9.17) is 37.0 Å². The molecular weight excluding hydrogens is 1190 g/mol. The number of rotatable bonds is 67. The van der Waals surface area contributed by atoms with E-state index in [1.165, 1.54) is 116 Å². The highest BCUT2D eigenvalue weighted by atomic mass is 31.2. The van der Waals surface area contributed by atoms with E-state index in [1.807, 2.05) is 0 Å². The van der Waals surface area contributed by atoms with Gasteiger partial charge in [0.25, 0.3) is 0 Å². The Morgan fingerprint density at radius 2 is 0.656 bits per heavy atom. The number of hydrogen-bond acceptors (Lipinski definition) is 15. The predicted molar refractivity (Wildman–Crippen MR) is 363 cm³/mol. The molecule has 90 heavy (non-hydrogen) atoms. The molecule has 7 atom stereocenters. The molecule has 0 spiro atoms. The maximum Gasteiger partial charge on any atom is 0.472 e. The van der Waals surface area contributed by atoms with Crippen molar-refractivity contribution in [3.63, 3.8) is 0 Å². The van der Waals surface area contributed by atoms with Crippen LogP contribution in [0.25, 0.3) is 0 Å². The molecular formula is C71H134O17P2. The average molecular weight is 1320 g/mol. The molecule has 0 rings (SSSR count). The van der Waals surface area contributed by atoms with Crippen LogP contribution in [0.3, 0.4) is 0 Å². The molecule has 3 N–H and O–H groups in total. The molecule has 0 aromatic rings. The molecule has 0 saturated heterocycles. The van der Waals surface area contributed by atoms with Gasteiger partial charge in [-0.15, -0.1) is 0 Å². The Kier molecular flexibility index (Phi) is 59.7. The topological polar surface area (TPSA) is 237 Å². The van der Waals surface area contributed by atoms with E-state index in [9.17, 15) is 43.2 Å². The van der Waals surface area contributed by atoms with Gasteiger partial charge in [-0.25, -0.2) is 9.13 Å². The number of unbranched alkanes of at least 4 members (excludes halogenated alkanes) is 30. The van der Waals surface area contributed by atoms with E-state index in [2.05, 4.69) is 72.8 Å². The number of allylic oxidation sites excluding steroid dienone is 4. The molecule has 0 aliphatic heterocycles. The highest BCUT2D eigenvalue weighted by Crippen LogP contribution is 2.45. The zero-order valence-corrected chi connectivity index (χ0v) is 59.9. The first kappa shape index (κ1) is 87.5. The molecule has 19 heteroatoms. The number of ether oxygens (including phenoxy) is 4. The summed E-state index contributed by atoms with van der Waals surface area (Å²) in [4.78, 5) is 72.5. The molecule has 0 saturated carbocycles. The van der Waals surface area contributed by atoms with Gasteiger partial charge in [0.2, 0.25) is 0 Å². The lowest BCUT2D eigenvalue weighted by Gasteiger charge is -2.21. The quantitative estimate of drug-likeness (QED) is 0.0169. The van der Waals surface area contributed by atoms with Crippen LogP contribution in [0, 0.1) is 17.8 Å². The van der Waals surface area contributed by atoms with Crippen LogP contribution in [0.5, 0.6) is 0 Å². The van der Waals surface area contributed by atoms with E-state index in [0.717, 1.165) is 133 Å². The first-order chi connectivity index (χ1) is 43.3. The fourth-order valence-electron chi connectivity index (χ4n) is 10.1. The van der Waals surface area contributed by atoms with Gasteiger partial charge in [-0.3, -0.25) is 37.3 Å². The van der Waals surface area contributed by atoms with E-state index in [1.54, 1.807) is 0 Å². The summed E-state index contributed by atoms with van der Waals surface area (Å²) in [6.07, 6.45) is 48.0. The Morgan fingerprint density at radius 3 is 0.989 bits per heavy atom. The number of carbonyl (C=O) groups excluding carboxylic acids is 4. The Bertz CT molecular complexity index is 1860. The van der Waals surface area contributed by atoms with E-state index in [0.29, 0.717) is 25.7 Å². The maximum atomic E-state index is 13.0. The van der Waals surface area contributed by atoms with Crippen molar-refractivity contribution in [1.82, 2.24) is 0 Å². The normalized spacial score (nSPS) is 15.0. The first-order valence-electron chi connectivity index (χ1n) is 36.2. The lowest BCUT2D eigenvalue weighted by atomic mass is 9.99. The minimum atomic E-state index is -4.96. The number of phosphoric ester groups is 2. The van der Waals surface area contributed by atoms with Gasteiger partial charge in [0, 0.05) is 25.7 Å². The standard InChI is InChI=1S/C71H134O17P2/c1-8-11-12-13-14-15-16-17-18-19-20-24-31-40-47-54-70(75)87-66(58-81-68(73)52-45-38-30-27-26-28-35-42-49-62(4)5)60-85-89(77,78)83-56-65(72)57-84-90(79,80)86-61-67(59-82-69(74)53-46-39-34-33-37-44-51-64(7)10-3)88-71(76)55-48-41-32-25-22-21-23-29-36-43-50-63(6)9-2/h15-18,62-67,72H,8-14,19-61H2,1-7H3,(H,77,78)(H,79,80)/b16-15-,18-17-/t63?,64?,65-,66-,67-/m1/s1. The third-order valence-electron chi connectivity index (χ3n) is 16.5. The zero-order chi connectivity index (χ0) is 66.6. The van der Waals surface area contributed by atoms with Gasteiger partial charge in [0.05, 0.1) is 26.4 Å². The molecule has 0 heterocycles. The van der Waals surface area contributed by atoms with Gasteiger partial charge in [-0.1, -0.05) is 278 Å². The van der Waals surface area contributed by atoms with Crippen molar-refractivity contribution in [2.75, 3.05) is 39.6 Å². The van der Waals surface area contributed by atoms with Gasteiger partial charge in [-0.2, -0.15) is 0 Å². The van der Waals surface area contributed by atoms with Crippen LogP contribution in [0.4, 0.5) is 0 Å². The fourth-order valence-corrected chi connectivity index (χ4v) is 11.7. The summed E-state index contributed by atoms with van der Waals surface area (Å²) in [7, 11) is -9.92. The summed E-state index contributed by atoms with van der Waals surface area (Å²) in [6, 6.07) is 0. The fraction of sp³-hybridized carbons (Fsp3) is 0.887. The number of aliphatic hydroxyl groups is 1. The van der Waals surface area contributed by atoms with Crippen molar-refractivity contribution < 1.29 is 80.2 Å². The summed E-state index contributed by atoms with van der Waals surface area (Å²) in [6.45, 7) is 11.7. The third-order valence-corrected chi connectivity index (χ3v) is 18.4. The SMILES string of the molecule is CCCCCC/C=C\C=C/CCCCCCCC(=O)O[C@H](COC(=O)CCCCCCCCCCC(C)C)COP(=O)(O)OC[C@@H](O)COP(=O)(O)OC[C@@H](COC(=O)CCCCCCCCC(C)CC)OC(=O)CCCCCCCCCCCCC(C)CC. The molecule has 17 nitrogen and oxygen atoms in total. The summed E-state index contributed by atoms with van der Waals surface area (Å²) >= 11 is 0. The summed E-state index contributed by atoms with van der Waals surface area (Å²) in [5, 5.41) is 10.6. The minimum absolute atomic E-state index is 0.0839. The lowest BCUT2D eigenvalue weighted by molar-refractivity contribution is -0.161. The van der Waals surface area contributed by atoms with Gasteiger partial charge in [-0.05, 0) is 69.1 Å². The van der Waals surface area contributed by atoms with Crippen LogP contribution in [0.15, 0.2) is 24.3 Å². The largest absolute Gasteiger partial charge is 0.472 e. The molecule has 0 aromatic heterocycles. The van der Waals surface area contributed by atoms with E-state index in [-0.39, 0.29) is 25.7 Å². The molecule has 0 aliphatic rings. The van der Waals surface area contributed by atoms with E-state index >= 15 is 0 Å². The van der Waals surface area contributed by atoms with Crippen LogP contribution < -0.4 is 0 Å². The minimum Gasteiger partial charge on any atom is -0.462 e. The Morgan fingerprint density at radius 1 is 0.367 bits per heavy atom. The van der Waals surface area contributed by atoms with Crippen molar-refractivity contribution in [2.45, 2.75) is 349 Å². The van der Waals surface area contributed by atoms with Crippen LogP contribution in [0.1, 0.15) is 331 Å². The monoisotopic (exact) mass is 1320 g/mol. The summed E-state index contributed by atoms with van der Waals surface area (Å²) in [5.41, 5.74) is 0. The van der Waals surface area contributed by atoms with Gasteiger partial charge in [0.15, 0.2) is 12.2 Å². The van der Waals surface area contributed by atoms with Crippen LogP contribution >= 0.6 is 15.6 Å². The molecule has 0 aliphatic carbocycles. The van der Waals surface area contributed by atoms with Crippen LogP contribution in [0.2, 0.25) is 0 Å². The Balaban J connectivity index is 5.30. The van der Waals surface area contributed by atoms with Gasteiger partial charge < -0.3 is 33.8 Å². The molecule has 0 amide bonds. The average Bonchev–Trinajstić information content (AvgIpc) is 2.27. The highest BCUT2D eigenvalue weighted by molar-refractivity contribution is 7.47. The van der Waals surface area contributed by atoms with Crippen molar-refractivity contribution in [3.8, 4) is 0 Å². The Hall–Kier alpha value is -2.46. The van der Waals surface area contributed by atoms with Gasteiger partial charge in [0.1, 0.15) is 19.3 Å². The van der Waals surface area contributed by atoms with Crippen molar-refractivity contribution in [3.05, 3.63) is 24.3 Å². The molecule has 4 unspecified atom stereocenters. The van der Waals surface area contributed by atoms with Crippen molar-refractivity contribution >= 4 is 39.5 Å². The molecule has 0 aromatic carbocycles. The second-order valence-corrected chi connectivity index (χ2v) is 28.8. The number of hydrogen-bond donors (Lipinski definition) is 3. The number of carbonyl (C=O) groups is 4. The van der Waals surface area contributed by atoms with E-state index < -0.39 is 97.5 Å². The highest BCUT2D eigenvalue weighted by Gasteiger charge is 2.30. The van der Waals surface area contributed by atoms with Gasteiger partial charge >= 0.3 is 39.5 Å². The van der Waals surface area contributed by atoms with Crippen molar-refractivity contribution in [2.24, 2.45) is 17.8 Å². The third kappa shape index (κ3) is 61.7. The van der Waals surface area contributed by atoms with Crippen LogP contribution in [-0.2, 0) is 65.4 Å². The molecule has 0 fully saturated rings. The number of aliphatic hydroxyl groups excluding tert-OH is 1. The maximum absolute atomic E-state index is 13.0. The summed E-state index contributed by atoms with van der Waals surface area (Å²) in [5.74, 6) is 0.0961. The predicted octanol–water partition coefficient (Wildman–Crippen LogP) is 19.8. The molecule has 0 bridgehead atoms. The number of phosphoric acid groups is 2.